The Morgan fingerprint density at radius 3 is 2.68 bits per heavy atom. The van der Waals surface area contributed by atoms with Crippen molar-refractivity contribution in [3.05, 3.63) is 36.1 Å². The van der Waals surface area contributed by atoms with Crippen LogP contribution in [0, 0.1) is 6.92 Å². The smallest absolute Gasteiger partial charge is 0.163 e. The summed E-state index contributed by atoms with van der Waals surface area (Å²) in [5.41, 5.74) is 2.75. The predicted molar refractivity (Wildman–Crippen MR) is 136 cm³/mol. The zero-order valence-corrected chi connectivity index (χ0v) is 20.4. The molecule has 182 valence electrons. The van der Waals surface area contributed by atoms with Crippen LogP contribution >= 0.6 is 0 Å². The first-order valence-corrected chi connectivity index (χ1v) is 12.6. The number of nitrogens with one attached hydrogen (secondary N) is 2. The number of hydrogen-bond acceptors (Lipinski definition) is 7. The van der Waals surface area contributed by atoms with Crippen LogP contribution in [0.25, 0.3) is 22.4 Å². The number of nitrogens with zero attached hydrogens (tertiary/aromatic N) is 2. The summed E-state index contributed by atoms with van der Waals surface area (Å²) in [5.74, 6) is 3.13. The Morgan fingerprint density at radius 1 is 1.12 bits per heavy atom. The number of furan rings is 1. The van der Waals surface area contributed by atoms with Crippen LogP contribution in [0.4, 0.5) is 5.69 Å². The summed E-state index contributed by atoms with van der Waals surface area (Å²) in [6.45, 7) is 8.19. The summed E-state index contributed by atoms with van der Waals surface area (Å²) >= 11 is 0. The fraction of sp³-hybridized carbons (Fsp3) is 0.519. The van der Waals surface area contributed by atoms with Crippen LogP contribution in [-0.2, 0) is 0 Å². The second-order valence-electron chi connectivity index (χ2n) is 9.40. The lowest BCUT2D eigenvalue weighted by Gasteiger charge is -2.25. The van der Waals surface area contributed by atoms with Gasteiger partial charge in [0.1, 0.15) is 11.5 Å². The molecule has 0 amide bonds. The van der Waals surface area contributed by atoms with Crippen LogP contribution in [0.15, 0.2) is 34.7 Å². The molecule has 0 atom stereocenters. The molecule has 0 saturated carbocycles. The number of pyridine rings is 1. The monoisotopic (exact) mass is 464 g/mol. The molecule has 2 saturated heterocycles. The lowest BCUT2D eigenvalue weighted by Crippen LogP contribution is -2.35. The third kappa shape index (κ3) is 5.31. The number of piperidine rings is 1. The third-order valence-corrected chi connectivity index (χ3v) is 6.86. The van der Waals surface area contributed by atoms with Gasteiger partial charge in [-0.25, -0.2) is 4.98 Å². The summed E-state index contributed by atoms with van der Waals surface area (Å²) in [6.07, 6.45) is 5.82. The van der Waals surface area contributed by atoms with Crippen molar-refractivity contribution in [3.8, 4) is 23.0 Å². The first-order chi connectivity index (χ1) is 16.7. The first kappa shape index (κ1) is 23.0. The Labute approximate surface area is 201 Å². The fourth-order valence-corrected chi connectivity index (χ4v) is 4.99. The maximum absolute atomic E-state index is 6.19. The van der Waals surface area contributed by atoms with E-state index in [-0.39, 0.29) is 0 Å². The molecule has 0 spiro atoms. The van der Waals surface area contributed by atoms with Gasteiger partial charge in [-0.05, 0) is 89.5 Å². The first-order valence-electron chi connectivity index (χ1n) is 12.6. The Morgan fingerprint density at radius 2 is 1.94 bits per heavy atom. The minimum absolute atomic E-state index is 0.422. The van der Waals surface area contributed by atoms with Crippen LogP contribution in [0.2, 0.25) is 0 Å². The quantitative estimate of drug-likeness (QED) is 0.439. The Bertz CT molecular complexity index is 1100. The molecule has 2 fully saturated rings. The molecule has 2 aromatic heterocycles. The zero-order valence-electron chi connectivity index (χ0n) is 20.4. The number of fused-ring (bicyclic) bond motifs is 1. The minimum Gasteiger partial charge on any atom is -0.493 e. The Hall–Kier alpha value is -2.77. The molecule has 0 aliphatic carbocycles. The van der Waals surface area contributed by atoms with Crippen LogP contribution < -0.4 is 20.1 Å². The maximum Gasteiger partial charge on any atom is 0.163 e. The second-order valence-corrected chi connectivity index (χ2v) is 9.40. The molecule has 3 aromatic rings. The lowest BCUT2D eigenvalue weighted by molar-refractivity contribution is 0.254. The second kappa shape index (κ2) is 10.7. The average Bonchev–Trinajstić information content (AvgIpc) is 3.54. The van der Waals surface area contributed by atoms with Gasteiger partial charge in [-0.2, -0.15) is 0 Å². The van der Waals surface area contributed by atoms with Gasteiger partial charge in [-0.3, -0.25) is 0 Å². The molecule has 7 nitrogen and oxygen atoms in total. The number of benzene rings is 1. The Kier molecular flexibility index (Phi) is 7.21. The van der Waals surface area contributed by atoms with E-state index in [2.05, 4.69) is 27.7 Å². The topological polar surface area (TPSA) is 71.8 Å². The number of rotatable bonds is 9. The molecule has 7 heteroatoms. The van der Waals surface area contributed by atoms with Crippen molar-refractivity contribution in [3.63, 3.8) is 0 Å². The fourth-order valence-electron chi connectivity index (χ4n) is 4.99. The molecular formula is C27H36N4O3. The normalized spacial score (nSPS) is 17.4. The maximum atomic E-state index is 6.19. The van der Waals surface area contributed by atoms with E-state index in [9.17, 15) is 0 Å². The predicted octanol–water partition coefficient (Wildman–Crippen LogP) is 4.84. The molecule has 0 unspecified atom stereocenters. The lowest BCUT2D eigenvalue weighted by atomic mass is 10.0. The van der Waals surface area contributed by atoms with Crippen LogP contribution in [-0.4, -0.2) is 62.4 Å². The van der Waals surface area contributed by atoms with Gasteiger partial charge in [-0.1, -0.05) is 0 Å². The zero-order chi connectivity index (χ0) is 23.3. The van der Waals surface area contributed by atoms with Gasteiger partial charge in [0.25, 0.3) is 0 Å². The molecule has 5 rings (SSSR count). The molecular weight excluding hydrogens is 428 g/mol. The summed E-state index contributed by atoms with van der Waals surface area (Å²) in [4.78, 5) is 7.46. The van der Waals surface area contributed by atoms with Crippen molar-refractivity contribution >= 4 is 16.6 Å². The van der Waals surface area contributed by atoms with E-state index in [4.69, 9.17) is 18.9 Å². The van der Waals surface area contributed by atoms with E-state index in [0.29, 0.717) is 12.6 Å². The van der Waals surface area contributed by atoms with Crippen molar-refractivity contribution in [1.29, 1.82) is 0 Å². The number of anilines is 1. The van der Waals surface area contributed by atoms with Crippen molar-refractivity contribution in [2.24, 2.45) is 0 Å². The number of ether oxygens (including phenoxy) is 2. The van der Waals surface area contributed by atoms with E-state index in [1.54, 1.807) is 7.11 Å². The highest BCUT2D eigenvalue weighted by molar-refractivity contribution is 5.95. The molecule has 2 aliphatic heterocycles. The standard InChI is InChI=1S/C27H36N4O3/c1-19-6-7-25(34-19)24-17-22(29-20-8-10-28-11-9-20)21-16-26(32-2)27(18-23(21)30-24)33-15-5-14-31-12-3-4-13-31/h6-7,16-18,20,28H,3-5,8-15H2,1-2H3,(H,29,30). The van der Waals surface area contributed by atoms with Crippen molar-refractivity contribution in [2.45, 2.75) is 45.1 Å². The number of aryl methyl sites for hydroxylation is 1. The highest BCUT2D eigenvalue weighted by Crippen LogP contribution is 2.37. The van der Waals surface area contributed by atoms with E-state index < -0.39 is 0 Å². The number of aromatic nitrogens is 1. The molecule has 0 bridgehead atoms. The molecule has 4 heterocycles. The van der Waals surface area contributed by atoms with Gasteiger partial charge in [0.15, 0.2) is 17.3 Å². The van der Waals surface area contributed by atoms with Gasteiger partial charge in [-0.15, -0.1) is 0 Å². The average molecular weight is 465 g/mol. The van der Waals surface area contributed by atoms with Gasteiger partial charge in [0, 0.05) is 29.7 Å². The van der Waals surface area contributed by atoms with Gasteiger partial charge >= 0.3 is 0 Å². The summed E-state index contributed by atoms with van der Waals surface area (Å²) < 4.78 is 17.8. The van der Waals surface area contributed by atoms with Crippen LogP contribution in [0.1, 0.15) is 37.9 Å². The minimum atomic E-state index is 0.422. The number of likely N-dealkylation sites (tertiary alicyclic amines) is 1. The summed E-state index contributed by atoms with van der Waals surface area (Å²) in [5, 5.41) is 8.24. The van der Waals surface area contributed by atoms with Crippen LogP contribution in [0.5, 0.6) is 11.5 Å². The molecule has 1 aromatic carbocycles. The van der Waals surface area contributed by atoms with Gasteiger partial charge in [0.2, 0.25) is 0 Å². The number of hydrogen-bond donors (Lipinski definition) is 2. The molecule has 0 radical (unpaired) electrons. The van der Waals surface area contributed by atoms with Crippen LogP contribution in [0.3, 0.4) is 0 Å². The molecule has 2 N–H and O–H groups in total. The Balaban J connectivity index is 1.43. The summed E-state index contributed by atoms with van der Waals surface area (Å²) in [6, 6.07) is 10.5. The third-order valence-electron chi connectivity index (χ3n) is 6.86. The highest BCUT2D eigenvalue weighted by atomic mass is 16.5. The van der Waals surface area contributed by atoms with Crippen molar-refractivity contribution in [2.75, 3.05) is 51.8 Å². The largest absolute Gasteiger partial charge is 0.493 e. The number of methoxy groups -OCH3 is 1. The summed E-state index contributed by atoms with van der Waals surface area (Å²) in [7, 11) is 1.70. The van der Waals surface area contributed by atoms with E-state index in [0.717, 1.165) is 84.2 Å². The van der Waals surface area contributed by atoms with Crippen molar-refractivity contribution < 1.29 is 13.9 Å². The van der Waals surface area contributed by atoms with Gasteiger partial charge < -0.3 is 29.4 Å². The van der Waals surface area contributed by atoms with E-state index in [1.807, 2.05) is 25.1 Å². The molecule has 34 heavy (non-hydrogen) atoms. The van der Waals surface area contributed by atoms with Gasteiger partial charge in [0.05, 0.1) is 19.2 Å². The highest BCUT2D eigenvalue weighted by Gasteiger charge is 2.19. The SMILES string of the molecule is COc1cc2c(NC3CCNCC3)cc(-c3ccc(C)o3)nc2cc1OCCCN1CCCC1. The van der Waals surface area contributed by atoms with E-state index >= 15 is 0 Å². The van der Waals surface area contributed by atoms with Crippen molar-refractivity contribution in [1.82, 2.24) is 15.2 Å². The van der Waals surface area contributed by atoms with E-state index in [1.165, 1.54) is 25.9 Å². The molecule has 2 aliphatic rings.